The minimum Gasteiger partial charge on any atom is -0.481 e. The second-order valence-corrected chi connectivity index (χ2v) is 5.05. The summed E-state index contributed by atoms with van der Waals surface area (Å²) in [6, 6.07) is 0. The number of carboxylic acid groups (broad SMARTS) is 1. The van der Waals surface area contributed by atoms with E-state index in [4.69, 9.17) is 9.63 Å². The molecule has 1 heterocycles. The van der Waals surface area contributed by atoms with Gasteiger partial charge in [-0.3, -0.25) is 4.79 Å². The van der Waals surface area contributed by atoms with E-state index >= 15 is 0 Å². The second-order valence-electron chi connectivity index (χ2n) is 5.05. The van der Waals surface area contributed by atoms with Crippen molar-refractivity contribution < 1.29 is 14.4 Å². The van der Waals surface area contributed by atoms with Gasteiger partial charge >= 0.3 is 5.97 Å². The predicted octanol–water partition coefficient (Wildman–Crippen LogP) is 2.09. The van der Waals surface area contributed by atoms with Crippen molar-refractivity contribution in [2.45, 2.75) is 44.9 Å². The lowest BCUT2D eigenvalue weighted by atomic mass is 9.86. The molecule has 2 rings (SSSR count). The zero-order valence-electron chi connectivity index (χ0n) is 9.20. The Kier molecular flexibility index (Phi) is 2.10. The number of aromatic nitrogens is 1. The van der Waals surface area contributed by atoms with Crippen molar-refractivity contribution in [3.05, 3.63) is 17.0 Å². The van der Waals surface area contributed by atoms with Crippen molar-refractivity contribution in [3.8, 4) is 0 Å². The average molecular weight is 209 g/mol. The SMILES string of the molecule is CC(C)(C)c1noc2c1C(C(=O)O)CC2. The van der Waals surface area contributed by atoms with Crippen LogP contribution in [-0.4, -0.2) is 16.2 Å². The largest absolute Gasteiger partial charge is 0.481 e. The van der Waals surface area contributed by atoms with E-state index in [1.165, 1.54) is 0 Å². The molecular formula is C11H15NO3. The first kappa shape index (κ1) is 10.2. The normalized spacial score (nSPS) is 20.3. The molecule has 1 aliphatic carbocycles. The third-order valence-electron chi connectivity index (χ3n) is 2.82. The highest BCUT2D eigenvalue weighted by Gasteiger charge is 2.38. The van der Waals surface area contributed by atoms with Crippen LogP contribution in [0.25, 0.3) is 0 Å². The summed E-state index contributed by atoms with van der Waals surface area (Å²) in [6.07, 6.45) is 1.32. The van der Waals surface area contributed by atoms with Crippen molar-refractivity contribution in [2.24, 2.45) is 0 Å². The fourth-order valence-electron chi connectivity index (χ4n) is 2.08. The molecule has 1 aromatic rings. The molecule has 1 unspecified atom stereocenters. The highest BCUT2D eigenvalue weighted by Crippen LogP contribution is 2.40. The van der Waals surface area contributed by atoms with Crippen molar-refractivity contribution in [1.82, 2.24) is 5.16 Å². The lowest BCUT2D eigenvalue weighted by Gasteiger charge is -2.17. The molecule has 4 nitrogen and oxygen atoms in total. The summed E-state index contributed by atoms with van der Waals surface area (Å²) < 4.78 is 5.20. The van der Waals surface area contributed by atoms with Crippen molar-refractivity contribution in [1.29, 1.82) is 0 Å². The molecule has 0 spiro atoms. The molecular weight excluding hydrogens is 194 g/mol. The van der Waals surface area contributed by atoms with E-state index in [-0.39, 0.29) is 5.41 Å². The number of carboxylic acids is 1. The Morgan fingerprint density at radius 3 is 2.73 bits per heavy atom. The van der Waals surface area contributed by atoms with Crippen LogP contribution in [0.3, 0.4) is 0 Å². The summed E-state index contributed by atoms with van der Waals surface area (Å²) >= 11 is 0. The molecule has 0 saturated carbocycles. The van der Waals surface area contributed by atoms with Crippen LogP contribution in [0.5, 0.6) is 0 Å². The molecule has 0 aromatic carbocycles. The smallest absolute Gasteiger partial charge is 0.311 e. The molecule has 4 heteroatoms. The first-order valence-electron chi connectivity index (χ1n) is 5.13. The van der Waals surface area contributed by atoms with E-state index in [0.29, 0.717) is 12.8 Å². The Morgan fingerprint density at radius 1 is 1.53 bits per heavy atom. The maximum atomic E-state index is 11.1. The number of aliphatic carboxylic acids is 1. The fraction of sp³-hybridized carbons (Fsp3) is 0.636. The number of nitrogens with zero attached hydrogens (tertiary/aromatic N) is 1. The first-order valence-corrected chi connectivity index (χ1v) is 5.13. The van der Waals surface area contributed by atoms with Gasteiger partial charge in [0.15, 0.2) is 0 Å². The van der Waals surface area contributed by atoms with Crippen LogP contribution in [0, 0.1) is 0 Å². The van der Waals surface area contributed by atoms with Gasteiger partial charge in [0.25, 0.3) is 0 Å². The molecule has 0 bridgehead atoms. The highest BCUT2D eigenvalue weighted by molar-refractivity contribution is 5.78. The topological polar surface area (TPSA) is 63.3 Å². The molecule has 0 amide bonds. The van der Waals surface area contributed by atoms with E-state index in [1.807, 2.05) is 20.8 Å². The Bertz CT molecular complexity index is 400. The van der Waals surface area contributed by atoms with E-state index < -0.39 is 11.9 Å². The number of aryl methyl sites for hydroxylation is 1. The Labute approximate surface area is 88.3 Å². The summed E-state index contributed by atoms with van der Waals surface area (Å²) in [4.78, 5) is 11.1. The van der Waals surface area contributed by atoms with Gasteiger partial charge in [0, 0.05) is 17.4 Å². The standard InChI is InChI=1S/C11H15NO3/c1-11(2,3)9-8-6(10(13)14)4-5-7(8)15-12-9/h6H,4-5H2,1-3H3,(H,13,14). The monoisotopic (exact) mass is 209 g/mol. The Morgan fingerprint density at radius 2 is 2.20 bits per heavy atom. The second kappa shape index (κ2) is 3.08. The molecule has 0 radical (unpaired) electrons. The molecule has 0 saturated heterocycles. The molecule has 1 atom stereocenters. The number of hydrogen-bond donors (Lipinski definition) is 1. The Balaban J connectivity index is 2.50. The van der Waals surface area contributed by atoms with Gasteiger partial charge in [-0.25, -0.2) is 0 Å². The summed E-state index contributed by atoms with van der Waals surface area (Å²) in [6.45, 7) is 6.05. The van der Waals surface area contributed by atoms with Crippen LogP contribution < -0.4 is 0 Å². The van der Waals surface area contributed by atoms with Crippen molar-refractivity contribution in [2.75, 3.05) is 0 Å². The van der Waals surface area contributed by atoms with E-state index in [2.05, 4.69) is 5.16 Å². The summed E-state index contributed by atoms with van der Waals surface area (Å²) in [5.41, 5.74) is 1.45. The predicted molar refractivity (Wildman–Crippen MR) is 53.9 cm³/mol. The van der Waals surface area contributed by atoms with Crippen LogP contribution in [0.1, 0.15) is 50.1 Å². The van der Waals surface area contributed by atoms with E-state index in [1.54, 1.807) is 0 Å². The van der Waals surface area contributed by atoms with Gasteiger partial charge in [0.1, 0.15) is 5.76 Å². The molecule has 1 aromatic heterocycles. The summed E-state index contributed by atoms with van der Waals surface area (Å²) in [7, 11) is 0. The minimum atomic E-state index is -0.776. The van der Waals surface area contributed by atoms with Gasteiger partial charge in [0.05, 0.1) is 11.6 Å². The molecule has 1 aliphatic rings. The fourth-order valence-corrected chi connectivity index (χ4v) is 2.08. The lowest BCUT2D eigenvalue weighted by Crippen LogP contribution is -2.18. The number of rotatable bonds is 1. The Hall–Kier alpha value is -1.32. The third-order valence-corrected chi connectivity index (χ3v) is 2.82. The van der Waals surface area contributed by atoms with E-state index in [9.17, 15) is 4.79 Å². The van der Waals surface area contributed by atoms with Crippen LogP contribution in [0.15, 0.2) is 4.52 Å². The summed E-state index contributed by atoms with van der Waals surface area (Å²) in [5.74, 6) is -0.449. The maximum absolute atomic E-state index is 11.1. The van der Waals surface area contributed by atoms with Gasteiger partial charge in [-0.15, -0.1) is 0 Å². The zero-order chi connectivity index (χ0) is 11.2. The van der Waals surface area contributed by atoms with Gasteiger partial charge in [-0.05, 0) is 6.42 Å². The quantitative estimate of drug-likeness (QED) is 0.769. The molecule has 15 heavy (non-hydrogen) atoms. The van der Waals surface area contributed by atoms with Gasteiger partial charge in [-0.1, -0.05) is 25.9 Å². The molecule has 0 aliphatic heterocycles. The van der Waals surface area contributed by atoms with Gasteiger partial charge in [0.2, 0.25) is 0 Å². The van der Waals surface area contributed by atoms with Crippen LogP contribution in [-0.2, 0) is 16.6 Å². The van der Waals surface area contributed by atoms with Gasteiger partial charge < -0.3 is 9.63 Å². The zero-order valence-corrected chi connectivity index (χ0v) is 9.20. The highest BCUT2D eigenvalue weighted by atomic mass is 16.5. The van der Waals surface area contributed by atoms with Gasteiger partial charge in [-0.2, -0.15) is 0 Å². The number of hydrogen-bond acceptors (Lipinski definition) is 3. The maximum Gasteiger partial charge on any atom is 0.311 e. The number of carbonyl (C=O) groups is 1. The number of fused-ring (bicyclic) bond motifs is 1. The third kappa shape index (κ3) is 1.54. The van der Waals surface area contributed by atoms with Crippen molar-refractivity contribution in [3.63, 3.8) is 0 Å². The minimum absolute atomic E-state index is 0.158. The van der Waals surface area contributed by atoms with Crippen LogP contribution in [0.4, 0.5) is 0 Å². The molecule has 82 valence electrons. The summed E-state index contributed by atoms with van der Waals surface area (Å²) in [5, 5.41) is 13.1. The van der Waals surface area contributed by atoms with Crippen LogP contribution >= 0.6 is 0 Å². The van der Waals surface area contributed by atoms with Crippen LogP contribution in [0.2, 0.25) is 0 Å². The lowest BCUT2D eigenvalue weighted by molar-refractivity contribution is -0.138. The molecule has 1 N–H and O–H groups in total. The molecule has 0 fully saturated rings. The van der Waals surface area contributed by atoms with Crippen molar-refractivity contribution >= 4 is 5.97 Å². The first-order chi connectivity index (χ1) is 6.91. The average Bonchev–Trinajstić information content (AvgIpc) is 2.57. The van der Waals surface area contributed by atoms with E-state index in [0.717, 1.165) is 17.0 Å².